The average molecular weight is 386 g/mol. The number of benzene rings is 1. The number of nitrogens with one attached hydrogen (secondary N) is 2. The smallest absolute Gasteiger partial charge is 0.229 e. The molecule has 0 aliphatic carbocycles. The molecule has 1 aromatic carbocycles. The van der Waals surface area contributed by atoms with Crippen molar-refractivity contribution in [2.24, 2.45) is 0 Å². The van der Waals surface area contributed by atoms with Crippen LogP contribution in [0.5, 0.6) is 0 Å². The third-order valence-corrected chi connectivity index (χ3v) is 5.37. The molecule has 2 aromatic heterocycles. The van der Waals surface area contributed by atoms with E-state index in [0.717, 1.165) is 22.6 Å². The van der Waals surface area contributed by atoms with Crippen molar-refractivity contribution in [1.82, 2.24) is 20.2 Å². The minimum Gasteiger partial charge on any atom is -0.324 e. The molecule has 142 valence electrons. The van der Waals surface area contributed by atoms with E-state index in [2.05, 4.69) is 25.5 Å². The lowest BCUT2D eigenvalue weighted by atomic mass is 10.2. The Kier molecular flexibility index (Phi) is 4.88. The van der Waals surface area contributed by atoms with Gasteiger partial charge in [0.25, 0.3) is 0 Å². The van der Waals surface area contributed by atoms with E-state index in [1.807, 2.05) is 38.8 Å². The highest BCUT2D eigenvalue weighted by Crippen LogP contribution is 2.26. The van der Waals surface area contributed by atoms with Gasteiger partial charge in [-0.3, -0.25) is 5.10 Å². The second-order valence-corrected chi connectivity index (χ2v) is 8.53. The average Bonchev–Trinajstić information content (AvgIpc) is 2.92. The van der Waals surface area contributed by atoms with E-state index < -0.39 is 9.84 Å². The molecule has 0 aliphatic heterocycles. The normalized spacial score (nSPS) is 11.4. The van der Waals surface area contributed by atoms with Crippen molar-refractivity contribution in [2.45, 2.75) is 25.7 Å². The van der Waals surface area contributed by atoms with Gasteiger partial charge in [-0.25, -0.2) is 13.4 Å². The molecule has 0 saturated heterocycles. The summed E-state index contributed by atoms with van der Waals surface area (Å²) in [4.78, 5) is 10.9. The maximum absolute atomic E-state index is 11.8. The topological polar surface area (TPSA) is 104 Å². The second kappa shape index (κ2) is 6.99. The number of hydrogen-bond donors (Lipinski definition) is 2. The molecule has 8 nitrogen and oxygen atoms in total. The van der Waals surface area contributed by atoms with E-state index >= 15 is 0 Å². The molecular formula is C18H22N6O2S. The highest BCUT2D eigenvalue weighted by Gasteiger charge is 2.14. The lowest BCUT2D eigenvalue weighted by molar-refractivity contribution is 0.602. The zero-order valence-corrected chi connectivity index (χ0v) is 16.7. The molecule has 0 atom stereocenters. The molecule has 0 bridgehead atoms. The molecule has 27 heavy (non-hydrogen) atoms. The number of aromatic nitrogens is 4. The van der Waals surface area contributed by atoms with E-state index in [9.17, 15) is 8.42 Å². The maximum atomic E-state index is 11.8. The monoisotopic (exact) mass is 386 g/mol. The summed E-state index contributed by atoms with van der Waals surface area (Å²) in [5, 5.41) is 10.3. The molecule has 2 N–H and O–H groups in total. The van der Waals surface area contributed by atoms with Gasteiger partial charge >= 0.3 is 0 Å². The molecule has 0 saturated carbocycles. The summed E-state index contributed by atoms with van der Waals surface area (Å²) in [6, 6.07) is 6.84. The molecule has 3 aromatic rings. The number of H-pyrrole nitrogens is 1. The van der Waals surface area contributed by atoms with Crippen LogP contribution in [0, 0.1) is 20.8 Å². The van der Waals surface area contributed by atoms with Gasteiger partial charge < -0.3 is 10.2 Å². The summed E-state index contributed by atoms with van der Waals surface area (Å²) >= 11 is 0. The lowest BCUT2D eigenvalue weighted by Crippen LogP contribution is -2.14. The fourth-order valence-corrected chi connectivity index (χ4v) is 3.42. The number of anilines is 4. The third kappa shape index (κ3) is 4.08. The third-order valence-electron chi connectivity index (χ3n) is 4.28. The molecule has 3 rings (SSSR count). The first-order valence-corrected chi connectivity index (χ1v) is 10.2. The number of nitrogens with zero attached hydrogens (tertiary/aromatic N) is 4. The lowest BCUT2D eigenvalue weighted by Gasteiger charge is -2.18. The molecule has 0 fully saturated rings. The van der Waals surface area contributed by atoms with E-state index in [-0.39, 0.29) is 4.90 Å². The highest BCUT2D eigenvalue weighted by atomic mass is 32.2. The molecule has 0 amide bonds. The Morgan fingerprint density at radius 2 is 1.89 bits per heavy atom. The molecule has 0 unspecified atom stereocenters. The Morgan fingerprint density at radius 3 is 2.52 bits per heavy atom. The Morgan fingerprint density at radius 1 is 1.15 bits per heavy atom. The fraction of sp³-hybridized carbons (Fsp3) is 0.278. The van der Waals surface area contributed by atoms with Gasteiger partial charge in [0.15, 0.2) is 9.84 Å². The number of rotatable bonds is 5. The first-order chi connectivity index (χ1) is 12.6. The van der Waals surface area contributed by atoms with Gasteiger partial charge in [0.2, 0.25) is 5.95 Å². The summed E-state index contributed by atoms with van der Waals surface area (Å²) in [5.41, 5.74) is 3.42. The second-order valence-electron chi connectivity index (χ2n) is 6.51. The Balaban J connectivity index is 1.91. The number of aromatic amines is 1. The van der Waals surface area contributed by atoms with Crippen molar-refractivity contribution in [3.05, 3.63) is 47.3 Å². The zero-order chi connectivity index (χ0) is 19.8. The van der Waals surface area contributed by atoms with Crippen LogP contribution in [0.2, 0.25) is 0 Å². The minimum atomic E-state index is -3.30. The van der Waals surface area contributed by atoms with Crippen LogP contribution < -0.4 is 10.2 Å². The standard InChI is InChI=1S/C18H22N6O2S/c1-11-8-14(10-15(9-11)27(5,25)26)20-18-19-7-6-16(21-18)24(4)17-12(2)13(3)22-23-17/h6-10H,1-5H3,(H,22,23)(H,19,20,21). The van der Waals surface area contributed by atoms with Crippen molar-refractivity contribution in [1.29, 1.82) is 0 Å². The van der Waals surface area contributed by atoms with Crippen LogP contribution in [-0.4, -0.2) is 41.9 Å². The van der Waals surface area contributed by atoms with Crippen molar-refractivity contribution in [3.8, 4) is 0 Å². The summed E-state index contributed by atoms with van der Waals surface area (Å²) in [5.74, 6) is 1.90. The van der Waals surface area contributed by atoms with Crippen LogP contribution in [0.15, 0.2) is 35.4 Å². The van der Waals surface area contributed by atoms with Crippen molar-refractivity contribution >= 4 is 33.1 Å². The Bertz CT molecular complexity index is 1090. The van der Waals surface area contributed by atoms with Gasteiger partial charge in [-0.1, -0.05) is 0 Å². The van der Waals surface area contributed by atoms with Crippen LogP contribution in [0.3, 0.4) is 0 Å². The van der Waals surface area contributed by atoms with E-state index in [1.165, 1.54) is 6.26 Å². The van der Waals surface area contributed by atoms with Gasteiger partial charge in [0.05, 0.1) is 10.6 Å². The molecule has 9 heteroatoms. The van der Waals surface area contributed by atoms with E-state index in [0.29, 0.717) is 17.5 Å². The molecule has 2 heterocycles. The Labute approximate surface area is 158 Å². The van der Waals surface area contributed by atoms with Gasteiger partial charge in [0.1, 0.15) is 11.6 Å². The molecular weight excluding hydrogens is 364 g/mol. The predicted octanol–water partition coefficient (Wildman–Crippen LogP) is 3.04. The molecule has 0 radical (unpaired) electrons. The van der Waals surface area contributed by atoms with Crippen molar-refractivity contribution < 1.29 is 8.42 Å². The predicted molar refractivity (Wildman–Crippen MR) is 106 cm³/mol. The SMILES string of the molecule is Cc1cc(Nc2nccc(N(C)c3[nH]nc(C)c3C)n2)cc(S(C)(=O)=O)c1. The van der Waals surface area contributed by atoms with Gasteiger partial charge in [-0.15, -0.1) is 0 Å². The first-order valence-electron chi connectivity index (χ1n) is 8.32. The first kappa shape index (κ1) is 18.8. The van der Waals surface area contributed by atoms with Crippen molar-refractivity contribution in [2.75, 3.05) is 23.5 Å². The Hall–Kier alpha value is -2.94. The summed E-state index contributed by atoms with van der Waals surface area (Å²) < 4.78 is 23.7. The number of aryl methyl sites for hydroxylation is 2. The highest BCUT2D eigenvalue weighted by molar-refractivity contribution is 7.90. The van der Waals surface area contributed by atoms with Crippen LogP contribution in [0.4, 0.5) is 23.3 Å². The van der Waals surface area contributed by atoms with Crippen LogP contribution in [0.1, 0.15) is 16.8 Å². The summed E-state index contributed by atoms with van der Waals surface area (Å²) in [6.07, 6.45) is 2.83. The minimum absolute atomic E-state index is 0.252. The zero-order valence-electron chi connectivity index (χ0n) is 15.9. The molecule has 0 aliphatic rings. The number of sulfone groups is 1. The quantitative estimate of drug-likeness (QED) is 0.694. The van der Waals surface area contributed by atoms with Gasteiger partial charge in [0, 0.05) is 30.8 Å². The summed E-state index contributed by atoms with van der Waals surface area (Å²) in [7, 11) is -1.41. The van der Waals surface area contributed by atoms with Crippen LogP contribution in [-0.2, 0) is 9.84 Å². The summed E-state index contributed by atoms with van der Waals surface area (Å²) in [6.45, 7) is 5.77. The largest absolute Gasteiger partial charge is 0.324 e. The van der Waals surface area contributed by atoms with Crippen molar-refractivity contribution in [3.63, 3.8) is 0 Å². The molecule has 0 spiro atoms. The number of hydrogen-bond acceptors (Lipinski definition) is 7. The van der Waals surface area contributed by atoms with Crippen LogP contribution in [0.25, 0.3) is 0 Å². The maximum Gasteiger partial charge on any atom is 0.229 e. The van der Waals surface area contributed by atoms with Crippen LogP contribution >= 0.6 is 0 Å². The van der Waals surface area contributed by atoms with Gasteiger partial charge in [-0.05, 0) is 50.6 Å². The fourth-order valence-electron chi connectivity index (χ4n) is 2.68. The van der Waals surface area contributed by atoms with E-state index in [1.54, 1.807) is 24.4 Å². The van der Waals surface area contributed by atoms with Gasteiger partial charge in [-0.2, -0.15) is 10.1 Å². The van der Waals surface area contributed by atoms with E-state index in [4.69, 9.17) is 0 Å².